The molecular weight excluding hydrogens is 199 g/mol. The molecule has 0 aliphatic rings. The van der Waals surface area contributed by atoms with Crippen molar-refractivity contribution in [1.82, 2.24) is 9.97 Å². The van der Waals surface area contributed by atoms with E-state index >= 15 is 0 Å². The SMILES string of the molecule is O=C(O)C#Cc1c[nH]c2ncc(F)cc12. The number of aromatic amines is 1. The van der Waals surface area contributed by atoms with E-state index in [1.807, 2.05) is 5.92 Å². The van der Waals surface area contributed by atoms with Crippen LogP contribution in [0.3, 0.4) is 0 Å². The van der Waals surface area contributed by atoms with Crippen LogP contribution in [0.4, 0.5) is 4.39 Å². The molecule has 0 aliphatic heterocycles. The lowest BCUT2D eigenvalue weighted by molar-refractivity contribution is -0.130. The summed E-state index contributed by atoms with van der Waals surface area (Å²) in [6.07, 6.45) is 2.57. The fraction of sp³-hybridized carbons (Fsp3) is 0. The maximum Gasteiger partial charge on any atom is 0.382 e. The maximum absolute atomic E-state index is 12.9. The zero-order chi connectivity index (χ0) is 10.8. The predicted molar refractivity (Wildman–Crippen MR) is 50.6 cm³/mol. The monoisotopic (exact) mass is 204 g/mol. The average molecular weight is 204 g/mol. The summed E-state index contributed by atoms with van der Waals surface area (Å²) >= 11 is 0. The maximum atomic E-state index is 12.9. The van der Waals surface area contributed by atoms with Crippen LogP contribution in [0.5, 0.6) is 0 Å². The Kier molecular flexibility index (Phi) is 2.10. The van der Waals surface area contributed by atoms with Crippen molar-refractivity contribution in [3.63, 3.8) is 0 Å². The highest BCUT2D eigenvalue weighted by Gasteiger charge is 2.03. The summed E-state index contributed by atoms with van der Waals surface area (Å²) in [6, 6.07) is 1.25. The van der Waals surface area contributed by atoms with Gasteiger partial charge in [0.05, 0.1) is 11.8 Å². The molecule has 2 heterocycles. The Labute approximate surface area is 83.8 Å². The van der Waals surface area contributed by atoms with Gasteiger partial charge in [-0.2, -0.15) is 0 Å². The lowest BCUT2D eigenvalue weighted by Gasteiger charge is -1.89. The predicted octanol–water partition coefficient (Wildman–Crippen LogP) is 1.14. The number of carboxylic acids is 1. The van der Waals surface area contributed by atoms with E-state index in [0.29, 0.717) is 16.6 Å². The molecule has 2 aromatic rings. The van der Waals surface area contributed by atoms with Crippen molar-refractivity contribution in [1.29, 1.82) is 0 Å². The number of hydrogen-bond acceptors (Lipinski definition) is 2. The standard InChI is InChI=1S/C10H5FN2O2/c11-7-3-8-6(1-2-9(14)15)4-12-10(8)13-5-7/h3-5H,(H,12,13)(H,14,15). The van der Waals surface area contributed by atoms with Crippen LogP contribution in [-0.2, 0) is 4.79 Å². The molecule has 0 fully saturated rings. The quantitative estimate of drug-likeness (QED) is 0.632. The number of fused-ring (bicyclic) bond motifs is 1. The molecule has 0 spiro atoms. The minimum Gasteiger partial charge on any atom is -0.472 e. The second kappa shape index (κ2) is 3.42. The van der Waals surface area contributed by atoms with Crippen LogP contribution >= 0.6 is 0 Å². The minimum absolute atomic E-state index is 0.416. The van der Waals surface area contributed by atoms with Crippen LogP contribution < -0.4 is 0 Å². The van der Waals surface area contributed by atoms with E-state index in [4.69, 9.17) is 5.11 Å². The van der Waals surface area contributed by atoms with E-state index < -0.39 is 11.8 Å². The van der Waals surface area contributed by atoms with Crippen molar-refractivity contribution in [2.24, 2.45) is 0 Å². The third-order valence-corrected chi connectivity index (χ3v) is 1.80. The van der Waals surface area contributed by atoms with Crippen molar-refractivity contribution in [3.05, 3.63) is 29.8 Å². The number of pyridine rings is 1. The Morgan fingerprint density at radius 2 is 2.40 bits per heavy atom. The molecule has 4 nitrogen and oxygen atoms in total. The molecule has 74 valence electrons. The highest BCUT2D eigenvalue weighted by atomic mass is 19.1. The van der Waals surface area contributed by atoms with Crippen molar-refractivity contribution in [2.75, 3.05) is 0 Å². The average Bonchev–Trinajstić information content (AvgIpc) is 2.57. The van der Waals surface area contributed by atoms with Gasteiger partial charge >= 0.3 is 5.97 Å². The molecule has 2 N–H and O–H groups in total. The second-order valence-electron chi connectivity index (χ2n) is 2.81. The van der Waals surface area contributed by atoms with Gasteiger partial charge < -0.3 is 10.1 Å². The van der Waals surface area contributed by atoms with E-state index in [1.54, 1.807) is 0 Å². The van der Waals surface area contributed by atoms with Crippen molar-refractivity contribution in [2.45, 2.75) is 0 Å². The van der Waals surface area contributed by atoms with Gasteiger partial charge in [-0.15, -0.1) is 0 Å². The lowest BCUT2D eigenvalue weighted by Crippen LogP contribution is -1.86. The van der Waals surface area contributed by atoms with Gasteiger partial charge in [-0.3, -0.25) is 0 Å². The number of H-pyrrole nitrogens is 1. The summed E-state index contributed by atoms with van der Waals surface area (Å²) in [7, 11) is 0. The number of halogens is 1. The van der Waals surface area contributed by atoms with Crippen LogP contribution in [0.1, 0.15) is 5.56 Å². The number of carbonyl (C=O) groups is 1. The zero-order valence-corrected chi connectivity index (χ0v) is 7.41. The van der Waals surface area contributed by atoms with Gasteiger partial charge in [-0.05, 0) is 6.07 Å². The first-order valence-corrected chi connectivity index (χ1v) is 4.04. The largest absolute Gasteiger partial charge is 0.472 e. The molecule has 5 heteroatoms. The molecule has 0 bridgehead atoms. The summed E-state index contributed by atoms with van der Waals surface area (Å²) in [6.45, 7) is 0. The molecule has 0 saturated heterocycles. The third-order valence-electron chi connectivity index (χ3n) is 1.80. The number of aromatic nitrogens is 2. The van der Waals surface area contributed by atoms with E-state index in [2.05, 4.69) is 15.9 Å². The Hall–Kier alpha value is -2.35. The summed E-state index contributed by atoms with van der Waals surface area (Å²) in [5, 5.41) is 8.84. The van der Waals surface area contributed by atoms with Crippen LogP contribution in [0.15, 0.2) is 18.5 Å². The topological polar surface area (TPSA) is 66.0 Å². The smallest absolute Gasteiger partial charge is 0.382 e. The first-order valence-electron chi connectivity index (χ1n) is 4.04. The Morgan fingerprint density at radius 1 is 1.60 bits per heavy atom. The third kappa shape index (κ3) is 1.79. The van der Waals surface area contributed by atoms with Gasteiger partial charge in [0.2, 0.25) is 0 Å². The van der Waals surface area contributed by atoms with Gasteiger partial charge in [0.15, 0.2) is 0 Å². The lowest BCUT2D eigenvalue weighted by atomic mass is 10.2. The number of nitrogens with zero attached hydrogens (tertiary/aromatic N) is 1. The van der Waals surface area contributed by atoms with Gasteiger partial charge in [-0.1, -0.05) is 5.92 Å². The minimum atomic E-state index is -1.23. The number of nitrogens with one attached hydrogen (secondary N) is 1. The summed E-state index contributed by atoms with van der Waals surface area (Å²) in [5.74, 6) is 2.65. The molecule has 0 amide bonds. The summed E-state index contributed by atoms with van der Waals surface area (Å²) in [5.41, 5.74) is 0.894. The fourth-order valence-corrected chi connectivity index (χ4v) is 1.20. The molecule has 2 aromatic heterocycles. The van der Waals surface area contributed by atoms with Crippen LogP contribution in [0.25, 0.3) is 11.0 Å². The number of rotatable bonds is 0. The van der Waals surface area contributed by atoms with E-state index in [-0.39, 0.29) is 0 Å². The summed E-state index contributed by atoms with van der Waals surface area (Å²) in [4.78, 5) is 16.8. The molecule has 0 radical (unpaired) electrons. The Morgan fingerprint density at radius 3 is 3.13 bits per heavy atom. The highest BCUT2D eigenvalue weighted by molar-refractivity contribution is 5.90. The normalized spacial score (nSPS) is 9.67. The van der Waals surface area contributed by atoms with Crippen LogP contribution in [-0.4, -0.2) is 21.0 Å². The summed E-state index contributed by atoms with van der Waals surface area (Å²) < 4.78 is 12.9. The van der Waals surface area contributed by atoms with E-state index in [9.17, 15) is 9.18 Å². The Bertz CT molecular complexity index is 592. The molecule has 0 atom stereocenters. The molecule has 0 saturated carbocycles. The molecule has 0 aromatic carbocycles. The number of carboxylic acid groups (broad SMARTS) is 1. The molecule has 0 unspecified atom stereocenters. The van der Waals surface area contributed by atoms with Crippen LogP contribution in [0, 0.1) is 17.7 Å². The number of hydrogen-bond donors (Lipinski definition) is 2. The van der Waals surface area contributed by atoms with Crippen molar-refractivity contribution < 1.29 is 14.3 Å². The van der Waals surface area contributed by atoms with Crippen molar-refractivity contribution in [3.8, 4) is 11.8 Å². The number of aliphatic carboxylic acids is 1. The Balaban J connectivity index is 2.59. The van der Waals surface area contributed by atoms with Gasteiger partial charge in [0.1, 0.15) is 11.5 Å². The first-order chi connectivity index (χ1) is 7.16. The van der Waals surface area contributed by atoms with Crippen LogP contribution in [0.2, 0.25) is 0 Å². The molecule has 15 heavy (non-hydrogen) atoms. The van der Waals surface area contributed by atoms with Crippen molar-refractivity contribution >= 4 is 17.0 Å². The zero-order valence-electron chi connectivity index (χ0n) is 7.41. The molecular formula is C10H5FN2O2. The highest BCUT2D eigenvalue weighted by Crippen LogP contribution is 2.15. The van der Waals surface area contributed by atoms with Gasteiger partial charge in [-0.25, -0.2) is 14.2 Å². The molecule has 2 rings (SSSR count). The van der Waals surface area contributed by atoms with E-state index in [0.717, 1.165) is 6.20 Å². The van der Waals surface area contributed by atoms with Gasteiger partial charge in [0.25, 0.3) is 0 Å². The van der Waals surface area contributed by atoms with E-state index in [1.165, 1.54) is 12.3 Å². The molecule has 0 aliphatic carbocycles. The van der Waals surface area contributed by atoms with Gasteiger partial charge in [0, 0.05) is 17.5 Å². The second-order valence-corrected chi connectivity index (χ2v) is 2.81. The first kappa shape index (κ1) is 9.21. The fourth-order valence-electron chi connectivity index (χ4n) is 1.20.